The zero-order valence-electron chi connectivity index (χ0n) is 16.7. The number of carboxylic acid groups (broad SMARTS) is 1. The summed E-state index contributed by atoms with van der Waals surface area (Å²) in [6, 6.07) is -0.322. The predicted octanol–water partition coefficient (Wildman–Crippen LogP) is 1.84. The molecule has 0 aromatic carbocycles. The molecule has 0 amide bonds. The number of rotatable bonds is 5. The molecule has 3 atom stereocenters. The Hall–Kier alpha value is -1.60. The third-order valence-corrected chi connectivity index (χ3v) is 5.55. The van der Waals surface area contributed by atoms with Crippen LogP contribution in [0.15, 0.2) is 11.3 Å². The largest absolute Gasteiger partial charge is 0.481 e. The average molecular weight is 380 g/mol. The van der Waals surface area contributed by atoms with E-state index < -0.39 is 11.6 Å². The van der Waals surface area contributed by atoms with E-state index in [4.69, 9.17) is 9.84 Å². The van der Waals surface area contributed by atoms with Crippen molar-refractivity contribution < 1.29 is 19.4 Å². The van der Waals surface area contributed by atoms with Crippen molar-refractivity contribution >= 4 is 11.9 Å². The van der Waals surface area contributed by atoms with Gasteiger partial charge >= 0.3 is 11.9 Å². The highest BCUT2D eigenvalue weighted by atomic mass is 16.6. The number of nitrogens with one attached hydrogen (secondary N) is 2. The van der Waals surface area contributed by atoms with Crippen molar-refractivity contribution in [3.8, 4) is 0 Å². The first-order chi connectivity index (χ1) is 12.8. The zero-order chi connectivity index (χ0) is 19.6. The maximum atomic E-state index is 12.9. The summed E-state index contributed by atoms with van der Waals surface area (Å²) in [6.45, 7) is 8.13. The number of carbonyl (C=O) groups excluding carboxylic acids is 1. The molecule has 0 aromatic heterocycles. The van der Waals surface area contributed by atoms with Crippen LogP contribution in [0, 0.1) is 5.92 Å². The van der Waals surface area contributed by atoms with Crippen LogP contribution in [-0.2, 0) is 14.3 Å². The number of ether oxygens (including phenoxy) is 1. The molecule has 0 spiro atoms. The molecule has 0 radical (unpaired) electrons. The molecule has 2 saturated heterocycles. The van der Waals surface area contributed by atoms with Crippen LogP contribution in [-0.4, -0.2) is 59.4 Å². The molecule has 0 bridgehead atoms. The molecule has 0 aliphatic carbocycles. The van der Waals surface area contributed by atoms with Gasteiger partial charge in [-0.15, -0.1) is 0 Å². The van der Waals surface area contributed by atoms with Gasteiger partial charge in [-0.3, -0.25) is 15.4 Å². The fraction of sp³-hybridized carbons (Fsp3) is 0.800. The maximum Gasteiger partial charge on any atom is 0.329 e. The lowest BCUT2D eigenvalue weighted by Gasteiger charge is -2.48. The van der Waals surface area contributed by atoms with Gasteiger partial charge in [-0.1, -0.05) is 0 Å². The van der Waals surface area contributed by atoms with Gasteiger partial charge in [-0.2, -0.15) is 0 Å². The Morgan fingerprint density at radius 1 is 1.26 bits per heavy atom. The number of hydrogen-bond donors (Lipinski definition) is 3. The van der Waals surface area contributed by atoms with Crippen molar-refractivity contribution in [2.75, 3.05) is 19.6 Å². The van der Waals surface area contributed by atoms with Gasteiger partial charge in [0.05, 0.1) is 6.17 Å². The third-order valence-electron chi connectivity index (χ3n) is 5.55. The van der Waals surface area contributed by atoms with Crippen molar-refractivity contribution in [1.82, 2.24) is 15.5 Å². The van der Waals surface area contributed by atoms with Gasteiger partial charge in [0.15, 0.2) is 0 Å². The van der Waals surface area contributed by atoms with Crippen LogP contribution in [0.2, 0.25) is 0 Å². The number of hydrogen-bond acceptors (Lipinski definition) is 6. The Balaban J connectivity index is 1.88. The minimum absolute atomic E-state index is 0.116. The van der Waals surface area contributed by atoms with Crippen LogP contribution in [0.25, 0.3) is 0 Å². The van der Waals surface area contributed by atoms with Crippen LogP contribution < -0.4 is 10.6 Å². The van der Waals surface area contributed by atoms with Gasteiger partial charge in [0.25, 0.3) is 0 Å². The van der Waals surface area contributed by atoms with Gasteiger partial charge in [-0.25, -0.2) is 4.79 Å². The van der Waals surface area contributed by atoms with Crippen molar-refractivity contribution in [2.24, 2.45) is 5.92 Å². The summed E-state index contributed by atoms with van der Waals surface area (Å²) in [4.78, 5) is 26.1. The first-order valence-corrected chi connectivity index (χ1v) is 10.2. The Kier molecular flexibility index (Phi) is 6.11. The second-order valence-electron chi connectivity index (χ2n) is 8.82. The minimum atomic E-state index is -0.794. The number of piperidine rings is 2. The van der Waals surface area contributed by atoms with E-state index in [2.05, 4.69) is 15.5 Å². The second kappa shape index (κ2) is 8.19. The van der Waals surface area contributed by atoms with Gasteiger partial charge < -0.3 is 14.7 Å². The van der Waals surface area contributed by atoms with Crippen LogP contribution >= 0.6 is 0 Å². The molecule has 3 aliphatic rings. The smallest absolute Gasteiger partial charge is 0.329 e. The Morgan fingerprint density at radius 3 is 2.74 bits per heavy atom. The number of carboxylic acids is 1. The van der Waals surface area contributed by atoms with Crippen LogP contribution in [0.4, 0.5) is 0 Å². The zero-order valence-corrected chi connectivity index (χ0v) is 16.7. The molecule has 7 heteroatoms. The molecule has 0 aromatic rings. The quantitative estimate of drug-likeness (QED) is 0.628. The molecule has 3 N–H and O–H groups in total. The number of likely N-dealkylation sites (tertiary alicyclic amines) is 1. The van der Waals surface area contributed by atoms with Crippen molar-refractivity contribution in [3.63, 3.8) is 0 Å². The molecule has 7 nitrogen and oxygen atoms in total. The highest BCUT2D eigenvalue weighted by Gasteiger charge is 2.42. The van der Waals surface area contributed by atoms with E-state index in [1.165, 1.54) is 11.3 Å². The molecule has 152 valence electrons. The monoisotopic (exact) mass is 379 g/mol. The summed E-state index contributed by atoms with van der Waals surface area (Å²) in [7, 11) is 0. The molecule has 3 rings (SSSR count). The number of fused-ring (bicyclic) bond motifs is 2. The van der Waals surface area contributed by atoms with Crippen molar-refractivity contribution in [1.29, 1.82) is 0 Å². The second-order valence-corrected chi connectivity index (χ2v) is 8.82. The number of nitrogens with zero attached hydrogens (tertiary/aromatic N) is 1. The fourth-order valence-electron chi connectivity index (χ4n) is 4.52. The summed E-state index contributed by atoms with van der Waals surface area (Å²) >= 11 is 0. The summed E-state index contributed by atoms with van der Waals surface area (Å²) in [6.07, 6.45) is 4.64. The minimum Gasteiger partial charge on any atom is -0.481 e. The summed E-state index contributed by atoms with van der Waals surface area (Å²) < 4.78 is 5.70. The van der Waals surface area contributed by atoms with Crippen molar-refractivity contribution in [3.05, 3.63) is 11.3 Å². The van der Waals surface area contributed by atoms with Gasteiger partial charge in [0.1, 0.15) is 11.6 Å². The van der Waals surface area contributed by atoms with Crippen LogP contribution in [0.1, 0.15) is 59.3 Å². The first-order valence-electron chi connectivity index (χ1n) is 10.2. The average Bonchev–Trinajstić information content (AvgIpc) is 2.59. The standard InChI is InChI=1S/C20H33N3O4/c1-20(2,3)27-19(26)15-9-8-13-12-22-18-14(6-4-10-21-18)17(13)23(15)11-5-7-16(24)25/h13,15,18,21-22H,4-12H2,1-3H3,(H,24,25). The lowest BCUT2D eigenvalue weighted by Crippen LogP contribution is -2.58. The molecule has 3 aliphatic heterocycles. The van der Waals surface area contributed by atoms with E-state index in [1.807, 2.05) is 20.8 Å². The van der Waals surface area contributed by atoms with Crippen LogP contribution in [0.5, 0.6) is 0 Å². The van der Waals surface area contributed by atoms with Crippen LogP contribution in [0.3, 0.4) is 0 Å². The molecule has 0 saturated carbocycles. The molecular weight excluding hydrogens is 346 g/mol. The van der Waals surface area contributed by atoms with E-state index in [9.17, 15) is 9.59 Å². The number of carbonyl (C=O) groups is 2. The predicted molar refractivity (Wildman–Crippen MR) is 102 cm³/mol. The molecule has 27 heavy (non-hydrogen) atoms. The van der Waals surface area contributed by atoms with Crippen molar-refractivity contribution in [2.45, 2.75) is 77.1 Å². The summed E-state index contributed by atoms with van der Waals surface area (Å²) in [5.74, 6) is -0.597. The molecule has 3 unspecified atom stereocenters. The van der Waals surface area contributed by atoms with E-state index in [-0.39, 0.29) is 24.6 Å². The topological polar surface area (TPSA) is 90.9 Å². The maximum absolute atomic E-state index is 12.9. The number of esters is 1. The van der Waals surface area contributed by atoms with Gasteiger partial charge in [0.2, 0.25) is 0 Å². The Bertz CT molecular complexity index is 611. The lowest BCUT2D eigenvalue weighted by atomic mass is 9.81. The highest BCUT2D eigenvalue weighted by Crippen LogP contribution is 2.39. The van der Waals surface area contributed by atoms with Gasteiger partial charge in [-0.05, 0) is 65.0 Å². The summed E-state index contributed by atoms with van der Waals surface area (Å²) in [5, 5.41) is 16.2. The molecule has 2 fully saturated rings. The van der Waals surface area contributed by atoms with E-state index >= 15 is 0 Å². The first kappa shape index (κ1) is 20.1. The normalized spacial score (nSPS) is 28.4. The lowest BCUT2D eigenvalue weighted by molar-refractivity contribution is -0.162. The van der Waals surface area contributed by atoms with Gasteiger partial charge in [0, 0.05) is 31.1 Å². The number of aliphatic carboxylic acids is 1. The van der Waals surface area contributed by atoms with E-state index in [1.54, 1.807) is 0 Å². The highest BCUT2D eigenvalue weighted by molar-refractivity contribution is 5.77. The fourth-order valence-corrected chi connectivity index (χ4v) is 4.52. The summed E-state index contributed by atoms with van der Waals surface area (Å²) in [5.41, 5.74) is 2.08. The third kappa shape index (κ3) is 4.82. The SMILES string of the molecule is CC(C)(C)OC(=O)C1CCC2CNC3NCCCC3=C2N1CCCC(=O)O. The van der Waals surface area contributed by atoms with E-state index in [0.717, 1.165) is 38.8 Å². The van der Waals surface area contributed by atoms with E-state index in [0.29, 0.717) is 18.9 Å². The molecule has 3 heterocycles. The Morgan fingerprint density at radius 2 is 2.04 bits per heavy atom. The molecular formula is C20H33N3O4. The Labute approximate surface area is 161 Å².